The third-order valence-corrected chi connectivity index (χ3v) is 5.39. The number of amides is 1. The van der Waals surface area contributed by atoms with E-state index in [2.05, 4.69) is 17.0 Å². The summed E-state index contributed by atoms with van der Waals surface area (Å²) in [4.78, 5) is 17.9. The average Bonchev–Trinajstić information content (AvgIpc) is 3.08. The Hall–Kier alpha value is -1.36. The number of thiophene rings is 1. The molecule has 1 saturated heterocycles. The standard InChI is InChI=1S/C18H21ClN2OS/c19-16-5-3-15(4-6-16)7-8-20-9-11-21(12-10-20)18(22)14-17-2-1-13-23-17/h1-6,13H,7-12,14H2. The Morgan fingerprint density at radius 3 is 2.48 bits per heavy atom. The number of hydrogen-bond donors (Lipinski definition) is 0. The lowest BCUT2D eigenvalue weighted by atomic mass is 10.1. The van der Waals surface area contributed by atoms with Crippen LogP contribution in [-0.2, 0) is 17.6 Å². The van der Waals surface area contributed by atoms with E-state index in [-0.39, 0.29) is 5.91 Å². The SMILES string of the molecule is O=C(Cc1cccs1)N1CCN(CCc2ccc(Cl)cc2)CC1. The molecule has 0 radical (unpaired) electrons. The summed E-state index contributed by atoms with van der Waals surface area (Å²) in [7, 11) is 0. The van der Waals surface area contributed by atoms with Crippen molar-refractivity contribution < 1.29 is 4.79 Å². The molecule has 1 aliphatic heterocycles. The Bertz CT molecular complexity index is 619. The first-order chi connectivity index (χ1) is 11.2. The van der Waals surface area contributed by atoms with E-state index in [1.54, 1.807) is 11.3 Å². The van der Waals surface area contributed by atoms with Crippen LogP contribution in [-0.4, -0.2) is 48.4 Å². The largest absolute Gasteiger partial charge is 0.340 e. The maximum atomic E-state index is 12.3. The summed E-state index contributed by atoms with van der Waals surface area (Å²) >= 11 is 7.56. The van der Waals surface area contributed by atoms with Gasteiger partial charge in [0.1, 0.15) is 0 Å². The van der Waals surface area contributed by atoms with Gasteiger partial charge in [0.05, 0.1) is 6.42 Å². The molecule has 0 unspecified atom stereocenters. The molecule has 1 fully saturated rings. The van der Waals surface area contributed by atoms with Crippen LogP contribution in [0.4, 0.5) is 0 Å². The van der Waals surface area contributed by atoms with Crippen LogP contribution in [0.5, 0.6) is 0 Å². The van der Waals surface area contributed by atoms with E-state index in [0.717, 1.165) is 49.0 Å². The predicted octanol–water partition coefficient (Wildman–Crippen LogP) is 3.33. The van der Waals surface area contributed by atoms with Gasteiger partial charge >= 0.3 is 0 Å². The molecular weight excluding hydrogens is 328 g/mol. The quantitative estimate of drug-likeness (QED) is 0.827. The van der Waals surface area contributed by atoms with Gasteiger partial charge < -0.3 is 4.90 Å². The van der Waals surface area contributed by atoms with Crippen molar-refractivity contribution in [3.63, 3.8) is 0 Å². The van der Waals surface area contributed by atoms with E-state index in [0.29, 0.717) is 6.42 Å². The molecule has 5 heteroatoms. The molecular formula is C18H21ClN2OS. The molecule has 3 rings (SSSR count). The van der Waals surface area contributed by atoms with E-state index < -0.39 is 0 Å². The van der Waals surface area contributed by atoms with Crippen LogP contribution in [0.2, 0.25) is 5.02 Å². The molecule has 0 saturated carbocycles. The molecule has 0 bridgehead atoms. The number of benzene rings is 1. The van der Waals surface area contributed by atoms with E-state index in [4.69, 9.17) is 11.6 Å². The first kappa shape index (κ1) is 16.5. The van der Waals surface area contributed by atoms with Crippen LogP contribution >= 0.6 is 22.9 Å². The van der Waals surface area contributed by atoms with Crippen molar-refractivity contribution in [1.29, 1.82) is 0 Å². The smallest absolute Gasteiger partial charge is 0.227 e. The van der Waals surface area contributed by atoms with Crippen molar-refractivity contribution in [2.45, 2.75) is 12.8 Å². The lowest BCUT2D eigenvalue weighted by Gasteiger charge is -2.34. The predicted molar refractivity (Wildman–Crippen MR) is 96.2 cm³/mol. The average molecular weight is 349 g/mol. The van der Waals surface area contributed by atoms with Gasteiger partial charge in [-0.3, -0.25) is 9.69 Å². The summed E-state index contributed by atoms with van der Waals surface area (Å²) in [5, 5.41) is 2.81. The van der Waals surface area contributed by atoms with Crippen molar-refractivity contribution in [2.24, 2.45) is 0 Å². The lowest BCUT2D eigenvalue weighted by Crippen LogP contribution is -2.49. The summed E-state index contributed by atoms with van der Waals surface area (Å²) < 4.78 is 0. The van der Waals surface area contributed by atoms with Gasteiger partial charge in [-0.05, 0) is 35.6 Å². The Morgan fingerprint density at radius 2 is 1.83 bits per heavy atom. The summed E-state index contributed by atoms with van der Waals surface area (Å²) in [6, 6.07) is 12.1. The van der Waals surface area contributed by atoms with Gasteiger partial charge in [-0.25, -0.2) is 0 Å². The molecule has 0 N–H and O–H groups in total. The zero-order valence-corrected chi connectivity index (χ0v) is 14.7. The third-order valence-electron chi connectivity index (χ3n) is 4.26. The Labute approximate surface area is 146 Å². The Kier molecular flexibility index (Phi) is 5.70. The van der Waals surface area contributed by atoms with Crippen molar-refractivity contribution in [2.75, 3.05) is 32.7 Å². The molecule has 0 spiro atoms. The number of rotatable bonds is 5. The van der Waals surface area contributed by atoms with Crippen LogP contribution in [0.1, 0.15) is 10.4 Å². The summed E-state index contributed by atoms with van der Waals surface area (Å²) in [5.41, 5.74) is 1.31. The minimum atomic E-state index is 0.254. The normalized spacial score (nSPS) is 15.8. The molecule has 1 aromatic heterocycles. The van der Waals surface area contributed by atoms with Crippen LogP contribution in [0.3, 0.4) is 0 Å². The van der Waals surface area contributed by atoms with Crippen LogP contribution in [0.25, 0.3) is 0 Å². The summed E-state index contributed by atoms with van der Waals surface area (Å²) in [5.74, 6) is 0.254. The van der Waals surface area contributed by atoms with E-state index in [1.165, 1.54) is 5.56 Å². The first-order valence-corrected chi connectivity index (χ1v) is 9.23. The summed E-state index contributed by atoms with van der Waals surface area (Å²) in [6.07, 6.45) is 1.57. The second-order valence-corrected chi connectivity index (χ2v) is 7.32. The van der Waals surface area contributed by atoms with E-state index in [1.807, 2.05) is 34.5 Å². The molecule has 3 nitrogen and oxygen atoms in total. The van der Waals surface area contributed by atoms with Crippen LogP contribution < -0.4 is 0 Å². The molecule has 1 amide bonds. The van der Waals surface area contributed by atoms with Gasteiger partial charge in [-0.15, -0.1) is 11.3 Å². The van der Waals surface area contributed by atoms with Gasteiger partial charge in [-0.1, -0.05) is 29.8 Å². The minimum absolute atomic E-state index is 0.254. The maximum Gasteiger partial charge on any atom is 0.227 e. The second kappa shape index (κ2) is 7.95. The molecule has 1 aliphatic rings. The van der Waals surface area contributed by atoms with Gasteiger partial charge in [-0.2, -0.15) is 0 Å². The lowest BCUT2D eigenvalue weighted by molar-refractivity contribution is -0.132. The Morgan fingerprint density at radius 1 is 1.09 bits per heavy atom. The molecule has 122 valence electrons. The molecule has 1 aromatic carbocycles. The monoisotopic (exact) mass is 348 g/mol. The fourth-order valence-electron chi connectivity index (χ4n) is 2.83. The number of carbonyl (C=O) groups is 1. The van der Waals surface area contributed by atoms with Crippen LogP contribution in [0.15, 0.2) is 41.8 Å². The third kappa shape index (κ3) is 4.80. The summed E-state index contributed by atoms with van der Waals surface area (Å²) in [6.45, 7) is 4.64. The van der Waals surface area contributed by atoms with Crippen molar-refractivity contribution >= 4 is 28.8 Å². The zero-order chi connectivity index (χ0) is 16.1. The van der Waals surface area contributed by atoms with Crippen molar-refractivity contribution in [3.05, 3.63) is 57.2 Å². The number of halogens is 1. The first-order valence-electron chi connectivity index (χ1n) is 7.98. The number of piperazine rings is 1. The molecule has 0 aliphatic carbocycles. The highest BCUT2D eigenvalue weighted by Crippen LogP contribution is 2.13. The van der Waals surface area contributed by atoms with E-state index >= 15 is 0 Å². The zero-order valence-electron chi connectivity index (χ0n) is 13.1. The number of carbonyl (C=O) groups excluding carboxylic acids is 1. The van der Waals surface area contributed by atoms with Gasteiger partial charge in [0.15, 0.2) is 0 Å². The molecule has 23 heavy (non-hydrogen) atoms. The number of hydrogen-bond acceptors (Lipinski definition) is 3. The maximum absolute atomic E-state index is 12.3. The second-order valence-electron chi connectivity index (χ2n) is 5.86. The molecule has 2 heterocycles. The van der Waals surface area contributed by atoms with Crippen LogP contribution in [0, 0.1) is 0 Å². The fourth-order valence-corrected chi connectivity index (χ4v) is 3.66. The van der Waals surface area contributed by atoms with E-state index in [9.17, 15) is 4.79 Å². The minimum Gasteiger partial charge on any atom is -0.340 e. The highest BCUT2D eigenvalue weighted by Gasteiger charge is 2.21. The topological polar surface area (TPSA) is 23.6 Å². The van der Waals surface area contributed by atoms with Gasteiger partial charge in [0, 0.05) is 42.6 Å². The molecule has 2 aromatic rings. The highest BCUT2D eigenvalue weighted by molar-refractivity contribution is 7.10. The Balaban J connectivity index is 1.41. The van der Waals surface area contributed by atoms with Crippen molar-refractivity contribution in [1.82, 2.24) is 9.80 Å². The number of nitrogens with zero attached hydrogens (tertiary/aromatic N) is 2. The van der Waals surface area contributed by atoms with Gasteiger partial charge in [0.2, 0.25) is 5.91 Å². The fraction of sp³-hybridized carbons (Fsp3) is 0.389. The molecule has 0 atom stereocenters. The highest BCUT2D eigenvalue weighted by atomic mass is 35.5. The van der Waals surface area contributed by atoms with Crippen molar-refractivity contribution in [3.8, 4) is 0 Å². The van der Waals surface area contributed by atoms with Gasteiger partial charge in [0.25, 0.3) is 0 Å².